The number of pyridine rings is 1. The minimum Gasteiger partial charge on any atom is -0.343 e. The standard InChI is InChI=1S/C28H27N5O3S/c1-18-8-2-4-10-22(18)31-26-23(32-28(36)21-17-37-24-11-5-3-9-20(21)24)14-19(15-29-26)27(35)30-16-25(34)33-12-6-7-13-33/h2-5,8-11,14-15,17H,6-7,12-13,16H2,1H3,(H,29,31)(H,30,35)(H,32,36). The van der Waals surface area contributed by atoms with Crippen LogP contribution in [0.2, 0.25) is 0 Å². The number of carbonyl (C=O) groups excluding carboxylic acids is 3. The Bertz CT molecular complexity index is 1480. The minimum atomic E-state index is -0.432. The summed E-state index contributed by atoms with van der Waals surface area (Å²) in [4.78, 5) is 44.7. The van der Waals surface area contributed by atoms with E-state index in [1.807, 2.05) is 60.8 Å². The Morgan fingerprint density at radius 1 is 0.973 bits per heavy atom. The van der Waals surface area contributed by atoms with Gasteiger partial charge in [-0.2, -0.15) is 0 Å². The second-order valence-electron chi connectivity index (χ2n) is 8.93. The number of anilines is 3. The molecule has 0 bridgehead atoms. The Labute approximate surface area is 218 Å². The Morgan fingerprint density at radius 3 is 2.54 bits per heavy atom. The number of likely N-dealkylation sites (tertiary alicyclic amines) is 1. The van der Waals surface area contributed by atoms with E-state index < -0.39 is 5.91 Å². The van der Waals surface area contributed by atoms with E-state index in [0.717, 1.165) is 47.3 Å². The van der Waals surface area contributed by atoms with E-state index in [1.54, 1.807) is 11.0 Å². The SMILES string of the molecule is Cc1ccccc1Nc1ncc(C(=O)NCC(=O)N2CCCC2)cc1NC(=O)c1csc2ccccc12. The highest BCUT2D eigenvalue weighted by Gasteiger charge is 2.20. The molecule has 1 aliphatic heterocycles. The number of hydrogen-bond donors (Lipinski definition) is 3. The molecule has 0 spiro atoms. The number of nitrogens with zero attached hydrogens (tertiary/aromatic N) is 2. The molecule has 1 fully saturated rings. The molecule has 1 aliphatic rings. The van der Waals surface area contributed by atoms with Gasteiger partial charge in [0.2, 0.25) is 5.91 Å². The number of carbonyl (C=O) groups is 3. The van der Waals surface area contributed by atoms with Crippen molar-refractivity contribution < 1.29 is 14.4 Å². The number of para-hydroxylation sites is 1. The molecule has 3 heterocycles. The van der Waals surface area contributed by atoms with Gasteiger partial charge < -0.3 is 20.9 Å². The van der Waals surface area contributed by atoms with Gasteiger partial charge in [-0.25, -0.2) is 4.98 Å². The van der Waals surface area contributed by atoms with Gasteiger partial charge in [0.1, 0.15) is 0 Å². The van der Waals surface area contributed by atoms with Crippen LogP contribution in [-0.4, -0.2) is 47.2 Å². The monoisotopic (exact) mass is 513 g/mol. The molecule has 4 aromatic rings. The first-order chi connectivity index (χ1) is 18.0. The number of nitrogens with one attached hydrogen (secondary N) is 3. The summed E-state index contributed by atoms with van der Waals surface area (Å²) in [5.74, 6) is -0.422. The Kier molecular flexibility index (Phi) is 7.14. The van der Waals surface area contributed by atoms with E-state index in [4.69, 9.17) is 0 Å². The van der Waals surface area contributed by atoms with Gasteiger partial charge in [-0.05, 0) is 43.5 Å². The number of benzene rings is 2. The van der Waals surface area contributed by atoms with Gasteiger partial charge >= 0.3 is 0 Å². The lowest BCUT2D eigenvalue weighted by atomic mass is 10.1. The van der Waals surface area contributed by atoms with Gasteiger partial charge in [0, 0.05) is 40.4 Å². The van der Waals surface area contributed by atoms with Gasteiger partial charge in [0.05, 0.1) is 23.4 Å². The third-order valence-corrected chi connectivity index (χ3v) is 7.34. The fourth-order valence-corrected chi connectivity index (χ4v) is 5.25. The van der Waals surface area contributed by atoms with Crippen LogP contribution in [0, 0.1) is 6.92 Å². The first-order valence-corrected chi connectivity index (χ1v) is 13.0. The molecular formula is C28H27N5O3S. The molecule has 8 nitrogen and oxygen atoms in total. The fourth-order valence-electron chi connectivity index (χ4n) is 4.30. The topological polar surface area (TPSA) is 103 Å². The molecule has 3 N–H and O–H groups in total. The minimum absolute atomic E-state index is 0.0787. The van der Waals surface area contributed by atoms with E-state index >= 15 is 0 Å². The molecule has 37 heavy (non-hydrogen) atoms. The molecule has 0 aliphatic carbocycles. The second-order valence-corrected chi connectivity index (χ2v) is 9.84. The molecule has 9 heteroatoms. The summed E-state index contributed by atoms with van der Waals surface area (Å²) >= 11 is 1.50. The summed E-state index contributed by atoms with van der Waals surface area (Å²) in [7, 11) is 0. The van der Waals surface area contributed by atoms with Crippen molar-refractivity contribution in [1.82, 2.24) is 15.2 Å². The molecule has 3 amide bonds. The maximum absolute atomic E-state index is 13.3. The molecule has 2 aromatic heterocycles. The lowest BCUT2D eigenvalue weighted by Crippen LogP contribution is -2.38. The van der Waals surface area contributed by atoms with E-state index in [0.29, 0.717) is 17.1 Å². The summed E-state index contributed by atoms with van der Waals surface area (Å²) < 4.78 is 1.01. The third-order valence-electron chi connectivity index (χ3n) is 6.38. The summed E-state index contributed by atoms with van der Waals surface area (Å²) in [5.41, 5.74) is 3.00. The van der Waals surface area contributed by atoms with Gasteiger partial charge in [-0.3, -0.25) is 14.4 Å². The average molecular weight is 514 g/mol. The quantitative estimate of drug-likeness (QED) is 0.324. The number of fused-ring (bicyclic) bond motifs is 1. The van der Waals surface area contributed by atoms with Crippen LogP contribution >= 0.6 is 11.3 Å². The van der Waals surface area contributed by atoms with Crippen molar-refractivity contribution in [3.8, 4) is 0 Å². The zero-order valence-corrected chi connectivity index (χ0v) is 21.2. The van der Waals surface area contributed by atoms with Crippen LogP contribution in [0.25, 0.3) is 10.1 Å². The van der Waals surface area contributed by atoms with Crippen LogP contribution in [0.15, 0.2) is 66.2 Å². The Hall–Kier alpha value is -4.24. The van der Waals surface area contributed by atoms with Crippen LogP contribution in [0.1, 0.15) is 39.1 Å². The zero-order valence-electron chi connectivity index (χ0n) is 20.4. The second kappa shape index (κ2) is 10.8. The molecule has 188 valence electrons. The van der Waals surface area contributed by atoms with Crippen LogP contribution in [0.3, 0.4) is 0 Å². The van der Waals surface area contributed by atoms with Crippen LogP contribution in [0.5, 0.6) is 0 Å². The third kappa shape index (κ3) is 5.46. The molecule has 0 saturated carbocycles. The molecule has 0 unspecified atom stereocenters. The van der Waals surface area contributed by atoms with Gasteiger partial charge in [-0.1, -0.05) is 36.4 Å². The fraction of sp³-hybridized carbons (Fsp3) is 0.214. The van der Waals surface area contributed by atoms with E-state index in [1.165, 1.54) is 17.5 Å². The van der Waals surface area contributed by atoms with Gasteiger partial charge in [0.25, 0.3) is 11.8 Å². The normalized spacial score (nSPS) is 12.9. The van der Waals surface area contributed by atoms with Crippen molar-refractivity contribution in [3.05, 3.63) is 82.9 Å². The summed E-state index contributed by atoms with van der Waals surface area (Å²) in [6, 6.07) is 17.0. The van der Waals surface area contributed by atoms with Crippen molar-refractivity contribution in [2.24, 2.45) is 0 Å². The molecule has 0 atom stereocenters. The number of thiophene rings is 1. The van der Waals surface area contributed by atoms with Crippen LogP contribution < -0.4 is 16.0 Å². The highest BCUT2D eigenvalue weighted by molar-refractivity contribution is 7.17. The summed E-state index contributed by atoms with van der Waals surface area (Å²) in [6.07, 6.45) is 3.41. The number of amides is 3. The van der Waals surface area contributed by atoms with Gasteiger partial charge in [-0.15, -0.1) is 11.3 Å². The molecule has 2 aromatic carbocycles. The van der Waals surface area contributed by atoms with Crippen molar-refractivity contribution in [3.63, 3.8) is 0 Å². The predicted octanol–water partition coefficient (Wildman–Crippen LogP) is 4.95. The van der Waals surface area contributed by atoms with E-state index in [2.05, 4.69) is 20.9 Å². The van der Waals surface area contributed by atoms with Crippen LogP contribution in [0.4, 0.5) is 17.2 Å². The highest BCUT2D eigenvalue weighted by atomic mass is 32.1. The molecular weight excluding hydrogens is 486 g/mol. The van der Waals surface area contributed by atoms with Crippen molar-refractivity contribution in [2.45, 2.75) is 19.8 Å². The molecule has 0 radical (unpaired) electrons. The summed E-state index contributed by atoms with van der Waals surface area (Å²) in [5, 5.41) is 11.6. The van der Waals surface area contributed by atoms with Gasteiger partial charge in [0.15, 0.2) is 5.82 Å². The predicted molar refractivity (Wildman–Crippen MR) is 147 cm³/mol. The highest BCUT2D eigenvalue weighted by Crippen LogP contribution is 2.29. The maximum atomic E-state index is 13.3. The Balaban J connectivity index is 1.40. The van der Waals surface area contributed by atoms with E-state index in [9.17, 15) is 14.4 Å². The zero-order chi connectivity index (χ0) is 25.8. The summed E-state index contributed by atoms with van der Waals surface area (Å²) in [6.45, 7) is 3.34. The lowest BCUT2D eigenvalue weighted by molar-refractivity contribution is -0.129. The lowest BCUT2D eigenvalue weighted by Gasteiger charge is -2.16. The largest absolute Gasteiger partial charge is 0.343 e. The average Bonchev–Trinajstić information content (AvgIpc) is 3.60. The number of rotatable bonds is 7. The Morgan fingerprint density at radius 2 is 1.73 bits per heavy atom. The first-order valence-electron chi connectivity index (χ1n) is 12.2. The van der Waals surface area contributed by atoms with E-state index in [-0.39, 0.29) is 23.9 Å². The van der Waals surface area contributed by atoms with Crippen molar-refractivity contribution in [2.75, 3.05) is 30.3 Å². The molecule has 1 saturated heterocycles. The first kappa shape index (κ1) is 24.5. The van der Waals surface area contributed by atoms with Crippen molar-refractivity contribution >= 4 is 56.3 Å². The van der Waals surface area contributed by atoms with Crippen LogP contribution in [-0.2, 0) is 4.79 Å². The number of aryl methyl sites for hydroxylation is 1. The molecule has 5 rings (SSSR count). The van der Waals surface area contributed by atoms with Crippen molar-refractivity contribution in [1.29, 1.82) is 0 Å². The smallest absolute Gasteiger partial charge is 0.257 e. The maximum Gasteiger partial charge on any atom is 0.257 e. The number of aromatic nitrogens is 1. The number of hydrogen-bond acceptors (Lipinski definition) is 6.